The molecule has 0 aliphatic carbocycles. The first-order valence-corrected chi connectivity index (χ1v) is 9.42. The van der Waals surface area contributed by atoms with Crippen LogP contribution in [0, 0.1) is 0 Å². The zero-order chi connectivity index (χ0) is 16.4. The monoisotopic (exact) mass is 339 g/mol. The molecule has 1 aromatic rings. The zero-order valence-electron chi connectivity index (χ0n) is 12.9. The van der Waals surface area contributed by atoms with Gasteiger partial charge < -0.3 is 9.84 Å². The number of carboxylic acid groups (broad SMARTS) is 1. The first-order valence-electron chi connectivity index (χ1n) is 7.98. The molecular weight excluding hydrogens is 318 g/mol. The Labute approximate surface area is 136 Å². The molecule has 0 spiro atoms. The van der Waals surface area contributed by atoms with E-state index in [-0.39, 0.29) is 11.3 Å². The zero-order valence-corrected chi connectivity index (χ0v) is 13.7. The Morgan fingerprint density at radius 2 is 2.13 bits per heavy atom. The number of carbonyl (C=O) groups is 1. The number of rotatable bonds is 4. The fourth-order valence-corrected chi connectivity index (χ4v) is 5.25. The summed E-state index contributed by atoms with van der Waals surface area (Å²) in [7, 11) is -3.75. The molecule has 1 N–H and O–H groups in total. The maximum Gasteiger partial charge on any atom is 0.304 e. The normalized spacial score (nSPS) is 22.2. The van der Waals surface area contributed by atoms with Crippen molar-refractivity contribution in [2.45, 2.75) is 49.5 Å². The Morgan fingerprint density at radius 3 is 2.91 bits per heavy atom. The topological polar surface area (TPSA) is 83.9 Å². The highest BCUT2D eigenvalue weighted by molar-refractivity contribution is 7.89. The average molecular weight is 339 g/mol. The minimum atomic E-state index is -3.75. The van der Waals surface area contributed by atoms with Crippen LogP contribution >= 0.6 is 0 Å². The quantitative estimate of drug-likeness (QED) is 0.907. The summed E-state index contributed by atoms with van der Waals surface area (Å²) in [5.41, 5.74) is 0.907. The van der Waals surface area contributed by atoms with Crippen LogP contribution in [-0.4, -0.2) is 43.0 Å². The number of aliphatic carboxylic acids is 1. The highest BCUT2D eigenvalue weighted by atomic mass is 32.2. The predicted octanol–water partition coefficient (Wildman–Crippen LogP) is 2.03. The van der Waals surface area contributed by atoms with Gasteiger partial charge in [-0.3, -0.25) is 4.79 Å². The van der Waals surface area contributed by atoms with Crippen molar-refractivity contribution < 1.29 is 23.1 Å². The van der Waals surface area contributed by atoms with Gasteiger partial charge in [-0.2, -0.15) is 4.31 Å². The third-order valence-electron chi connectivity index (χ3n) is 4.47. The molecule has 0 radical (unpaired) electrons. The molecule has 23 heavy (non-hydrogen) atoms. The molecule has 1 saturated heterocycles. The summed E-state index contributed by atoms with van der Waals surface area (Å²) in [4.78, 5) is 11.2. The fourth-order valence-electron chi connectivity index (χ4n) is 3.38. The third-order valence-corrected chi connectivity index (χ3v) is 6.44. The van der Waals surface area contributed by atoms with E-state index in [1.807, 2.05) is 6.07 Å². The van der Waals surface area contributed by atoms with E-state index in [1.54, 1.807) is 12.1 Å². The summed E-state index contributed by atoms with van der Waals surface area (Å²) >= 11 is 0. The van der Waals surface area contributed by atoms with E-state index in [0.29, 0.717) is 25.3 Å². The molecule has 0 aromatic heterocycles. The van der Waals surface area contributed by atoms with E-state index in [0.717, 1.165) is 31.2 Å². The number of nitrogens with zero attached hydrogens (tertiary/aromatic N) is 1. The first kappa shape index (κ1) is 16.3. The molecule has 0 saturated carbocycles. The number of fused-ring (bicyclic) bond motifs is 1. The Balaban J connectivity index is 1.98. The van der Waals surface area contributed by atoms with Crippen molar-refractivity contribution in [2.75, 3.05) is 13.2 Å². The van der Waals surface area contributed by atoms with Crippen molar-refractivity contribution in [3.05, 3.63) is 23.8 Å². The van der Waals surface area contributed by atoms with Gasteiger partial charge in [-0.25, -0.2) is 8.42 Å². The van der Waals surface area contributed by atoms with Crippen molar-refractivity contribution in [1.82, 2.24) is 4.31 Å². The van der Waals surface area contributed by atoms with Crippen LogP contribution in [0.3, 0.4) is 0 Å². The van der Waals surface area contributed by atoms with E-state index in [9.17, 15) is 13.2 Å². The number of aryl methyl sites for hydroxylation is 1. The summed E-state index contributed by atoms with van der Waals surface area (Å²) in [5.74, 6) is -0.526. The lowest BCUT2D eigenvalue weighted by atomic mass is 10.0. The summed E-state index contributed by atoms with van der Waals surface area (Å²) in [6.45, 7) is 0.877. The van der Waals surface area contributed by atoms with Gasteiger partial charge in [0.05, 0.1) is 13.0 Å². The molecule has 2 aliphatic heterocycles. The number of sulfonamides is 1. The number of carboxylic acids is 1. The highest BCUT2D eigenvalue weighted by Gasteiger charge is 2.37. The molecule has 126 valence electrons. The first-order chi connectivity index (χ1) is 11.0. The van der Waals surface area contributed by atoms with Crippen molar-refractivity contribution in [3.63, 3.8) is 0 Å². The SMILES string of the molecule is O=C(O)CC1CCCCN1S(=O)(=O)c1cccc2c1OCCC2. The summed E-state index contributed by atoms with van der Waals surface area (Å²) in [6.07, 6.45) is 3.72. The fraction of sp³-hybridized carbons (Fsp3) is 0.562. The molecule has 2 aliphatic rings. The summed E-state index contributed by atoms with van der Waals surface area (Å²) in [6, 6.07) is 4.70. The highest BCUT2D eigenvalue weighted by Crippen LogP contribution is 2.36. The summed E-state index contributed by atoms with van der Waals surface area (Å²) in [5, 5.41) is 9.07. The molecule has 0 amide bonds. The van der Waals surface area contributed by atoms with E-state index in [1.165, 1.54) is 4.31 Å². The second-order valence-electron chi connectivity index (χ2n) is 6.06. The Hall–Kier alpha value is -1.60. The lowest BCUT2D eigenvalue weighted by Gasteiger charge is -2.34. The summed E-state index contributed by atoms with van der Waals surface area (Å²) < 4.78 is 33.2. The van der Waals surface area contributed by atoms with Crippen LogP contribution in [0.15, 0.2) is 23.1 Å². The third kappa shape index (κ3) is 3.21. The molecule has 0 bridgehead atoms. The molecule has 6 nitrogen and oxygen atoms in total. The van der Waals surface area contributed by atoms with Crippen LogP contribution in [0.25, 0.3) is 0 Å². The Kier molecular flexibility index (Phi) is 4.59. The Bertz CT molecular complexity index is 700. The number of ether oxygens (including phenoxy) is 1. The maximum absolute atomic E-state index is 13.1. The van der Waals surface area contributed by atoms with Gasteiger partial charge in [-0.05, 0) is 37.3 Å². The van der Waals surface area contributed by atoms with Crippen molar-refractivity contribution in [2.24, 2.45) is 0 Å². The molecule has 2 heterocycles. The maximum atomic E-state index is 13.1. The number of piperidine rings is 1. The lowest BCUT2D eigenvalue weighted by molar-refractivity contribution is -0.138. The van der Waals surface area contributed by atoms with E-state index < -0.39 is 22.0 Å². The van der Waals surface area contributed by atoms with Gasteiger partial charge in [-0.1, -0.05) is 18.6 Å². The predicted molar refractivity (Wildman–Crippen MR) is 84.0 cm³/mol. The standard InChI is InChI=1S/C16H21NO5S/c18-15(19)11-13-7-1-2-9-17(13)23(20,21)14-8-3-5-12-6-4-10-22-16(12)14/h3,5,8,13H,1-2,4,6-7,9-11H2,(H,18,19). The van der Waals surface area contributed by atoms with Crippen molar-refractivity contribution in [1.29, 1.82) is 0 Å². The number of para-hydroxylation sites is 1. The largest absolute Gasteiger partial charge is 0.492 e. The number of benzene rings is 1. The van der Waals surface area contributed by atoms with Crippen LogP contribution in [0.4, 0.5) is 0 Å². The second kappa shape index (κ2) is 6.49. The van der Waals surface area contributed by atoms with Crippen LogP contribution in [0.1, 0.15) is 37.7 Å². The van der Waals surface area contributed by atoms with E-state index in [4.69, 9.17) is 9.84 Å². The molecule has 1 fully saturated rings. The van der Waals surface area contributed by atoms with Crippen molar-refractivity contribution in [3.8, 4) is 5.75 Å². The molecular formula is C16H21NO5S. The van der Waals surface area contributed by atoms with Gasteiger partial charge in [0.25, 0.3) is 0 Å². The van der Waals surface area contributed by atoms with Gasteiger partial charge in [0.1, 0.15) is 10.6 Å². The van der Waals surface area contributed by atoms with Crippen LogP contribution in [-0.2, 0) is 21.2 Å². The van der Waals surface area contributed by atoms with E-state index in [2.05, 4.69) is 0 Å². The molecule has 3 rings (SSSR count). The molecule has 7 heteroatoms. The minimum absolute atomic E-state index is 0.158. The van der Waals surface area contributed by atoms with Gasteiger partial charge >= 0.3 is 5.97 Å². The van der Waals surface area contributed by atoms with Crippen LogP contribution < -0.4 is 4.74 Å². The van der Waals surface area contributed by atoms with Crippen LogP contribution in [0.5, 0.6) is 5.75 Å². The second-order valence-corrected chi connectivity index (χ2v) is 7.92. The number of hydrogen-bond acceptors (Lipinski definition) is 4. The smallest absolute Gasteiger partial charge is 0.304 e. The Morgan fingerprint density at radius 1 is 1.30 bits per heavy atom. The van der Waals surface area contributed by atoms with Gasteiger partial charge in [-0.15, -0.1) is 0 Å². The van der Waals surface area contributed by atoms with Gasteiger partial charge in [0, 0.05) is 12.6 Å². The van der Waals surface area contributed by atoms with Gasteiger partial charge in [0.15, 0.2) is 0 Å². The lowest BCUT2D eigenvalue weighted by Crippen LogP contribution is -2.44. The molecule has 1 atom stereocenters. The number of hydrogen-bond donors (Lipinski definition) is 1. The van der Waals surface area contributed by atoms with Crippen LogP contribution in [0.2, 0.25) is 0 Å². The molecule has 1 unspecified atom stereocenters. The van der Waals surface area contributed by atoms with Gasteiger partial charge in [0.2, 0.25) is 10.0 Å². The average Bonchev–Trinajstić information content (AvgIpc) is 2.54. The minimum Gasteiger partial charge on any atom is -0.492 e. The van der Waals surface area contributed by atoms with Crippen molar-refractivity contribution >= 4 is 16.0 Å². The molecule has 1 aromatic carbocycles. The van der Waals surface area contributed by atoms with E-state index >= 15 is 0 Å².